The highest BCUT2D eigenvalue weighted by atomic mass is 16.3. The van der Waals surface area contributed by atoms with Gasteiger partial charge in [0.1, 0.15) is 0 Å². The molecule has 4 aliphatic rings. The summed E-state index contributed by atoms with van der Waals surface area (Å²) in [6.07, 6.45) is 9.61. The highest BCUT2D eigenvalue weighted by Crippen LogP contribution is 2.67. The Morgan fingerprint density at radius 3 is 2.71 bits per heavy atom. The fourth-order valence-electron chi connectivity index (χ4n) is 6.93. The average molecular weight is 290 g/mol. The Kier molecular flexibility index (Phi) is 3.11. The van der Waals surface area contributed by atoms with Gasteiger partial charge in [0.2, 0.25) is 0 Å². The summed E-state index contributed by atoms with van der Waals surface area (Å²) in [5.74, 6) is 2.87. The van der Waals surface area contributed by atoms with Crippen LogP contribution in [0.1, 0.15) is 58.3 Å². The fourth-order valence-corrected chi connectivity index (χ4v) is 6.93. The van der Waals surface area contributed by atoms with Crippen LogP contribution in [0.5, 0.6) is 0 Å². The fraction of sp³-hybridized carbons (Fsp3) is 0.895. The zero-order valence-electron chi connectivity index (χ0n) is 13.4. The second-order valence-corrected chi connectivity index (χ2v) is 8.85. The zero-order chi connectivity index (χ0) is 14.8. The van der Waals surface area contributed by atoms with Crippen molar-refractivity contribution in [1.29, 1.82) is 0 Å². The maximum absolute atomic E-state index is 10.5. The summed E-state index contributed by atoms with van der Waals surface area (Å²) in [6.45, 7) is 6.64. The van der Waals surface area contributed by atoms with Gasteiger partial charge in [-0.2, -0.15) is 0 Å². The van der Waals surface area contributed by atoms with Gasteiger partial charge in [-0.3, -0.25) is 0 Å². The predicted molar refractivity (Wildman–Crippen MR) is 83.7 cm³/mol. The van der Waals surface area contributed by atoms with Crippen molar-refractivity contribution in [2.75, 3.05) is 6.61 Å². The van der Waals surface area contributed by atoms with Crippen molar-refractivity contribution in [3.05, 3.63) is 12.2 Å². The molecular weight excluding hydrogens is 260 g/mol. The minimum atomic E-state index is -0.312. The SMILES string of the molecule is C=C1C[C@@]23CC[C@H]4[C@@H](CC[C@@H](O)[C@@]4(C)CO)[C@@H]2CC[C@H]1C3. The maximum atomic E-state index is 10.5. The zero-order valence-corrected chi connectivity index (χ0v) is 13.4. The van der Waals surface area contributed by atoms with Crippen molar-refractivity contribution in [2.24, 2.45) is 34.5 Å². The van der Waals surface area contributed by atoms with E-state index in [-0.39, 0.29) is 18.1 Å². The molecule has 21 heavy (non-hydrogen) atoms. The molecule has 4 aliphatic carbocycles. The van der Waals surface area contributed by atoms with Gasteiger partial charge in [-0.15, -0.1) is 0 Å². The molecule has 4 fully saturated rings. The van der Waals surface area contributed by atoms with Crippen molar-refractivity contribution < 1.29 is 10.2 Å². The lowest BCUT2D eigenvalue weighted by Gasteiger charge is -2.59. The highest BCUT2D eigenvalue weighted by Gasteiger charge is 2.60. The maximum Gasteiger partial charge on any atom is 0.0618 e. The summed E-state index contributed by atoms with van der Waals surface area (Å²) in [7, 11) is 0. The molecule has 118 valence electrons. The third-order valence-corrected chi connectivity index (χ3v) is 8.13. The average Bonchev–Trinajstić information content (AvgIpc) is 2.72. The number of rotatable bonds is 1. The van der Waals surface area contributed by atoms with Crippen LogP contribution in [0.15, 0.2) is 12.2 Å². The summed E-state index contributed by atoms with van der Waals surface area (Å²) in [5.41, 5.74) is 1.80. The molecule has 2 nitrogen and oxygen atoms in total. The number of fused-ring (bicyclic) bond motifs is 3. The van der Waals surface area contributed by atoms with E-state index in [1.165, 1.54) is 50.5 Å². The Morgan fingerprint density at radius 2 is 1.95 bits per heavy atom. The van der Waals surface area contributed by atoms with Crippen LogP contribution < -0.4 is 0 Å². The normalized spacial score (nSPS) is 56.0. The van der Waals surface area contributed by atoms with Crippen LogP contribution in [-0.2, 0) is 0 Å². The molecule has 0 amide bonds. The van der Waals surface area contributed by atoms with Crippen LogP contribution >= 0.6 is 0 Å². The third kappa shape index (κ3) is 1.78. The molecule has 0 aliphatic heterocycles. The van der Waals surface area contributed by atoms with E-state index >= 15 is 0 Å². The van der Waals surface area contributed by atoms with Gasteiger partial charge in [0.25, 0.3) is 0 Å². The van der Waals surface area contributed by atoms with Crippen LogP contribution in [0, 0.1) is 34.5 Å². The minimum Gasteiger partial charge on any atom is -0.396 e. The van der Waals surface area contributed by atoms with Crippen molar-refractivity contribution in [3.8, 4) is 0 Å². The Morgan fingerprint density at radius 1 is 1.14 bits per heavy atom. The van der Waals surface area contributed by atoms with E-state index in [2.05, 4.69) is 13.5 Å². The summed E-state index contributed by atoms with van der Waals surface area (Å²) in [5, 5.41) is 20.4. The largest absolute Gasteiger partial charge is 0.396 e. The van der Waals surface area contributed by atoms with Crippen LogP contribution in [-0.4, -0.2) is 22.9 Å². The van der Waals surface area contributed by atoms with Crippen molar-refractivity contribution in [2.45, 2.75) is 64.4 Å². The van der Waals surface area contributed by atoms with Crippen LogP contribution in [0.25, 0.3) is 0 Å². The molecule has 2 heteroatoms. The Hall–Kier alpha value is -0.340. The monoisotopic (exact) mass is 290 g/mol. The van der Waals surface area contributed by atoms with Gasteiger partial charge in [0.15, 0.2) is 0 Å². The van der Waals surface area contributed by atoms with E-state index in [0.717, 1.165) is 24.2 Å². The molecule has 1 spiro atoms. The molecular formula is C19H30O2. The molecule has 0 aromatic heterocycles. The van der Waals surface area contributed by atoms with E-state index in [1.807, 2.05) is 0 Å². The number of allylic oxidation sites excluding steroid dienone is 1. The highest BCUT2D eigenvalue weighted by molar-refractivity contribution is 5.20. The first kappa shape index (κ1) is 14.3. The number of hydrogen-bond acceptors (Lipinski definition) is 2. The first-order chi connectivity index (χ1) is 10.00. The van der Waals surface area contributed by atoms with Crippen LogP contribution in [0.3, 0.4) is 0 Å². The van der Waals surface area contributed by atoms with Crippen molar-refractivity contribution in [3.63, 3.8) is 0 Å². The molecule has 2 bridgehead atoms. The molecule has 0 unspecified atom stereocenters. The van der Waals surface area contributed by atoms with Gasteiger partial charge >= 0.3 is 0 Å². The molecule has 0 radical (unpaired) electrons. The van der Waals surface area contributed by atoms with Crippen molar-refractivity contribution >= 4 is 0 Å². The van der Waals surface area contributed by atoms with Crippen LogP contribution in [0.4, 0.5) is 0 Å². The molecule has 4 rings (SSSR count). The summed E-state index contributed by atoms with van der Waals surface area (Å²) in [4.78, 5) is 0. The van der Waals surface area contributed by atoms with Crippen LogP contribution in [0.2, 0.25) is 0 Å². The van der Waals surface area contributed by atoms with Gasteiger partial charge in [0.05, 0.1) is 12.7 Å². The standard InChI is InChI=1S/C19H30O2/c1-12-9-19-8-7-15-14(16(19)5-3-13(12)10-19)4-6-17(21)18(15,2)11-20/h13-17,20-21H,1,3-11H2,2H3/t13-,14+,15-,16-,17+,18-,19+/m0/s1. The smallest absolute Gasteiger partial charge is 0.0618 e. The number of hydrogen-bond donors (Lipinski definition) is 2. The summed E-state index contributed by atoms with van der Waals surface area (Å²) < 4.78 is 0. The summed E-state index contributed by atoms with van der Waals surface area (Å²) >= 11 is 0. The Balaban J connectivity index is 1.67. The molecule has 0 heterocycles. The Bertz CT molecular complexity index is 458. The minimum absolute atomic E-state index is 0.143. The third-order valence-electron chi connectivity index (χ3n) is 8.13. The van der Waals surface area contributed by atoms with E-state index < -0.39 is 0 Å². The van der Waals surface area contributed by atoms with Gasteiger partial charge in [-0.1, -0.05) is 19.1 Å². The molecule has 2 N–H and O–H groups in total. The van der Waals surface area contributed by atoms with Gasteiger partial charge in [0, 0.05) is 5.41 Å². The quantitative estimate of drug-likeness (QED) is 0.725. The van der Waals surface area contributed by atoms with E-state index in [4.69, 9.17) is 0 Å². The number of aliphatic hydroxyl groups is 2. The molecule has 4 saturated carbocycles. The lowest BCUT2D eigenvalue weighted by molar-refractivity contribution is -0.153. The van der Waals surface area contributed by atoms with E-state index in [9.17, 15) is 10.2 Å². The van der Waals surface area contributed by atoms with E-state index in [0.29, 0.717) is 11.3 Å². The first-order valence-corrected chi connectivity index (χ1v) is 8.97. The molecule has 0 saturated heterocycles. The van der Waals surface area contributed by atoms with Crippen molar-refractivity contribution in [1.82, 2.24) is 0 Å². The first-order valence-electron chi connectivity index (χ1n) is 8.97. The van der Waals surface area contributed by atoms with E-state index in [1.54, 1.807) is 0 Å². The van der Waals surface area contributed by atoms with Gasteiger partial charge in [-0.05, 0) is 80.5 Å². The Labute approximate surface area is 128 Å². The number of aliphatic hydroxyl groups excluding tert-OH is 2. The lowest BCUT2D eigenvalue weighted by atomic mass is 9.46. The molecule has 7 atom stereocenters. The second kappa shape index (κ2) is 4.58. The summed E-state index contributed by atoms with van der Waals surface area (Å²) in [6, 6.07) is 0. The topological polar surface area (TPSA) is 40.5 Å². The van der Waals surface area contributed by atoms with Gasteiger partial charge in [-0.25, -0.2) is 0 Å². The molecule has 0 aromatic carbocycles. The lowest BCUT2D eigenvalue weighted by Crippen LogP contribution is -2.56. The molecule has 0 aromatic rings. The van der Waals surface area contributed by atoms with Gasteiger partial charge < -0.3 is 10.2 Å². The predicted octanol–water partition coefficient (Wildman–Crippen LogP) is 3.53. The second-order valence-electron chi connectivity index (χ2n) is 8.85.